The summed E-state index contributed by atoms with van der Waals surface area (Å²) in [6.45, 7) is 1.78. The number of aliphatic hydroxyl groups is 2. The molecule has 6 nitrogen and oxygen atoms in total. The van der Waals surface area contributed by atoms with Crippen molar-refractivity contribution in [2.24, 2.45) is 5.73 Å². The van der Waals surface area contributed by atoms with E-state index in [9.17, 15) is 9.59 Å². The zero-order valence-corrected chi connectivity index (χ0v) is 16.6. The SMILES string of the molecule is CC(C(=O)O)c1cccc(C(=O)c2ccccc2)c1.Cl.NC(CO)CCCO. The number of carboxylic acids is 1. The van der Waals surface area contributed by atoms with Crippen LogP contribution in [0.3, 0.4) is 0 Å². The van der Waals surface area contributed by atoms with E-state index in [0.29, 0.717) is 29.5 Å². The van der Waals surface area contributed by atoms with Crippen molar-refractivity contribution in [2.45, 2.75) is 31.7 Å². The molecule has 2 unspecified atom stereocenters. The number of aliphatic carboxylic acids is 1. The maximum Gasteiger partial charge on any atom is 0.310 e. The number of rotatable bonds is 8. The zero-order chi connectivity index (χ0) is 20.2. The number of hydrogen-bond donors (Lipinski definition) is 4. The van der Waals surface area contributed by atoms with Crippen molar-refractivity contribution in [2.75, 3.05) is 13.2 Å². The van der Waals surface area contributed by atoms with Gasteiger partial charge in [-0.3, -0.25) is 9.59 Å². The first-order valence-electron chi connectivity index (χ1n) is 8.80. The minimum absolute atomic E-state index is 0. The number of hydrogen-bond acceptors (Lipinski definition) is 5. The van der Waals surface area contributed by atoms with Crippen LogP contribution < -0.4 is 5.73 Å². The summed E-state index contributed by atoms with van der Waals surface area (Å²) in [5.41, 5.74) is 7.04. The third-order valence-electron chi connectivity index (χ3n) is 4.02. The minimum Gasteiger partial charge on any atom is -0.481 e. The van der Waals surface area contributed by atoms with Crippen LogP contribution in [-0.2, 0) is 4.79 Å². The first kappa shape index (κ1) is 25.8. The summed E-state index contributed by atoms with van der Waals surface area (Å²) >= 11 is 0. The van der Waals surface area contributed by atoms with Gasteiger partial charge < -0.3 is 21.1 Å². The fourth-order valence-corrected chi connectivity index (χ4v) is 2.29. The molecule has 0 radical (unpaired) electrons. The van der Waals surface area contributed by atoms with Crippen LogP contribution >= 0.6 is 12.4 Å². The average Bonchev–Trinajstić information content (AvgIpc) is 2.71. The Labute approximate surface area is 171 Å². The normalized spacial score (nSPS) is 12.0. The molecule has 0 aliphatic heterocycles. The molecule has 154 valence electrons. The Balaban J connectivity index is 0.000000694. The second-order valence-electron chi connectivity index (χ2n) is 6.19. The topological polar surface area (TPSA) is 121 Å². The molecule has 0 fully saturated rings. The first-order chi connectivity index (χ1) is 12.9. The third-order valence-corrected chi connectivity index (χ3v) is 4.02. The van der Waals surface area contributed by atoms with Crippen LogP contribution in [0.15, 0.2) is 54.6 Å². The van der Waals surface area contributed by atoms with Gasteiger partial charge in [-0.2, -0.15) is 0 Å². The van der Waals surface area contributed by atoms with Crippen molar-refractivity contribution in [3.05, 3.63) is 71.3 Å². The number of carbonyl (C=O) groups excluding carboxylic acids is 1. The molecule has 0 aliphatic carbocycles. The summed E-state index contributed by atoms with van der Waals surface area (Å²) in [6.07, 6.45) is 1.38. The minimum atomic E-state index is -0.899. The van der Waals surface area contributed by atoms with E-state index in [4.69, 9.17) is 21.1 Å². The lowest BCUT2D eigenvalue weighted by atomic mass is 9.96. The van der Waals surface area contributed by atoms with Crippen molar-refractivity contribution >= 4 is 24.2 Å². The van der Waals surface area contributed by atoms with Gasteiger partial charge in [0.15, 0.2) is 5.78 Å². The van der Waals surface area contributed by atoms with Gasteiger partial charge in [0.2, 0.25) is 0 Å². The molecule has 0 saturated heterocycles. The van der Waals surface area contributed by atoms with Gasteiger partial charge in [-0.15, -0.1) is 12.4 Å². The van der Waals surface area contributed by atoms with Crippen molar-refractivity contribution < 1.29 is 24.9 Å². The molecule has 5 N–H and O–H groups in total. The van der Waals surface area contributed by atoms with Gasteiger partial charge in [0, 0.05) is 23.8 Å². The van der Waals surface area contributed by atoms with Gasteiger partial charge in [-0.05, 0) is 31.4 Å². The Bertz CT molecular complexity index is 724. The Morgan fingerprint density at radius 2 is 1.61 bits per heavy atom. The smallest absolute Gasteiger partial charge is 0.310 e. The highest BCUT2D eigenvalue weighted by atomic mass is 35.5. The molecule has 0 bridgehead atoms. The van der Waals surface area contributed by atoms with Crippen molar-refractivity contribution in [3.63, 3.8) is 0 Å². The van der Waals surface area contributed by atoms with Gasteiger partial charge in [0.1, 0.15) is 0 Å². The Kier molecular flexibility index (Phi) is 12.7. The summed E-state index contributed by atoms with van der Waals surface area (Å²) in [4.78, 5) is 23.2. The molecule has 0 spiro atoms. The van der Waals surface area contributed by atoms with Crippen LogP contribution in [0, 0.1) is 0 Å². The molecular formula is C21H28ClNO5. The monoisotopic (exact) mass is 409 g/mol. The summed E-state index contributed by atoms with van der Waals surface area (Å²) in [7, 11) is 0. The quantitative estimate of drug-likeness (QED) is 0.497. The van der Waals surface area contributed by atoms with Gasteiger partial charge in [-0.25, -0.2) is 0 Å². The Morgan fingerprint density at radius 3 is 2.14 bits per heavy atom. The number of carboxylic acid groups (broad SMARTS) is 1. The van der Waals surface area contributed by atoms with E-state index in [2.05, 4.69) is 0 Å². The number of ketones is 1. The maximum atomic E-state index is 12.2. The fourth-order valence-electron chi connectivity index (χ4n) is 2.29. The summed E-state index contributed by atoms with van der Waals surface area (Å²) < 4.78 is 0. The van der Waals surface area contributed by atoms with E-state index in [0.717, 1.165) is 0 Å². The number of benzene rings is 2. The van der Waals surface area contributed by atoms with Crippen LogP contribution in [0.4, 0.5) is 0 Å². The van der Waals surface area contributed by atoms with E-state index in [1.807, 2.05) is 6.07 Å². The predicted molar refractivity (Wildman–Crippen MR) is 111 cm³/mol. The Hall–Kier alpha value is -2.25. The predicted octanol–water partition coefficient (Wildman–Crippen LogP) is 2.61. The maximum absolute atomic E-state index is 12.2. The lowest BCUT2D eigenvalue weighted by Gasteiger charge is -2.08. The highest BCUT2D eigenvalue weighted by Crippen LogP contribution is 2.18. The number of aliphatic hydroxyl groups excluding tert-OH is 2. The van der Waals surface area contributed by atoms with Gasteiger partial charge in [-0.1, -0.05) is 48.5 Å². The highest BCUT2D eigenvalue weighted by molar-refractivity contribution is 6.09. The molecule has 2 aromatic carbocycles. The Morgan fingerprint density at radius 1 is 1.00 bits per heavy atom. The van der Waals surface area contributed by atoms with Crippen LogP contribution in [0.5, 0.6) is 0 Å². The number of nitrogens with two attached hydrogens (primary N) is 1. The van der Waals surface area contributed by atoms with Crippen LogP contribution in [-0.4, -0.2) is 46.3 Å². The molecule has 2 atom stereocenters. The standard InChI is InChI=1S/C16H14O3.C5H13NO2.ClH/c1-11(16(18)19)13-8-5-9-14(10-13)15(17)12-6-3-2-4-7-12;6-5(4-8)2-1-3-7;/h2-11H,1H3,(H,18,19);5,7-8H,1-4,6H2;1H. The largest absolute Gasteiger partial charge is 0.481 e. The van der Waals surface area contributed by atoms with E-state index < -0.39 is 11.9 Å². The van der Waals surface area contributed by atoms with Crippen molar-refractivity contribution in [1.82, 2.24) is 0 Å². The lowest BCUT2D eigenvalue weighted by Crippen LogP contribution is -2.24. The van der Waals surface area contributed by atoms with Crippen LogP contribution in [0.2, 0.25) is 0 Å². The molecule has 0 heterocycles. The average molecular weight is 410 g/mol. The summed E-state index contributed by atoms with van der Waals surface area (Å²) in [6, 6.07) is 15.6. The van der Waals surface area contributed by atoms with Gasteiger partial charge >= 0.3 is 5.97 Å². The van der Waals surface area contributed by atoms with E-state index in [1.54, 1.807) is 55.5 Å². The molecular weight excluding hydrogens is 382 g/mol. The molecule has 2 aromatic rings. The molecule has 0 amide bonds. The fraction of sp³-hybridized carbons (Fsp3) is 0.333. The molecule has 0 aliphatic rings. The van der Waals surface area contributed by atoms with Crippen LogP contribution in [0.1, 0.15) is 47.2 Å². The second kappa shape index (κ2) is 13.8. The summed E-state index contributed by atoms with van der Waals surface area (Å²) in [5, 5.41) is 25.6. The van der Waals surface area contributed by atoms with E-state index in [-0.39, 0.29) is 37.4 Å². The first-order valence-corrected chi connectivity index (χ1v) is 8.80. The number of carbonyl (C=O) groups is 2. The highest BCUT2D eigenvalue weighted by Gasteiger charge is 2.16. The van der Waals surface area contributed by atoms with Crippen molar-refractivity contribution in [3.8, 4) is 0 Å². The molecule has 28 heavy (non-hydrogen) atoms. The third kappa shape index (κ3) is 8.63. The zero-order valence-electron chi connectivity index (χ0n) is 15.8. The molecule has 2 rings (SSSR count). The van der Waals surface area contributed by atoms with Crippen molar-refractivity contribution in [1.29, 1.82) is 0 Å². The lowest BCUT2D eigenvalue weighted by molar-refractivity contribution is -0.138. The van der Waals surface area contributed by atoms with E-state index in [1.165, 1.54) is 0 Å². The molecule has 0 saturated carbocycles. The van der Waals surface area contributed by atoms with Gasteiger partial charge in [0.25, 0.3) is 0 Å². The molecule has 7 heteroatoms. The van der Waals surface area contributed by atoms with Crippen LogP contribution in [0.25, 0.3) is 0 Å². The summed E-state index contributed by atoms with van der Waals surface area (Å²) in [5.74, 6) is -1.62. The van der Waals surface area contributed by atoms with Gasteiger partial charge in [0.05, 0.1) is 12.5 Å². The van der Waals surface area contributed by atoms with E-state index >= 15 is 0 Å². The number of halogens is 1. The second-order valence-corrected chi connectivity index (χ2v) is 6.19. The molecule has 0 aromatic heterocycles.